The van der Waals surface area contributed by atoms with E-state index >= 15 is 0 Å². The smallest absolute Gasteiger partial charge is 0.0589 e. The number of hydrogen-bond acceptors (Lipinski definition) is 2. The van der Waals surface area contributed by atoms with Crippen LogP contribution in [0.5, 0.6) is 0 Å². The predicted molar refractivity (Wildman–Crippen MR) is 53.9 cm³/mol. The molecule has 0 saturated heterocycles. The van der Waals surface area contributed by atoms with E-state index < -0.39 is 0 Å². The Morgan fingerprint density at radius 2 is 2.00 bits per heavy atom. The van der Waals surface area contributed by atoms with Crippen molar-refractivity contribution in [3.05, 3.63) is 0 Å². The molecule has 0 bridgehead atoms. The zero-order valence-electron chi connectivity index (χ0n) is 8.18. The van der Waals surface area contributed by atoms with Gasteiger partial charge in [0.2, 0.25) is 0 Å². The Balaban J connectivity index is 3.26. The summed E-state index contributed by atoms with van der Waals surface area (Å²) in [5, 5.41) is 0. The molecule has 0 amide bonds. The molecule has 3 heteroatoms. The van der Waals surface area contributed by atoms with Crippen molar-refractivity contribution in [2.75, 3.05) is 39.2 Å². The van der Waals surface area contributed by atoms with Crippen LogP contribution in [-0.4, -0.2) is 44.1 Å². The zero-order valence-corrected chi connectivity index (χ0v) is 8.94. The standard InChI is InChI=1S/C9H20ClNO/c1-3-11(8-9-12-2)7-5-4-6-10/h3-9H2,1-2H3. The number of methoxy groups -OCH3 is 1. The number of ether oxygens (including phenoxy) is 1. The summed E-state index contributed by atoms with van der Waals surface area (Å²) in [6, 6.07) is 0. The molecule has 0 aliphatic heterocycles. The van der Waals surface area contributed by atoms with Crippen molar-refractivity contribution < 1.29 is 4.74 Å². The Hall–Kier alpha value is 0.210. The van der Waals surface area contributed by atoms with E-state index in [-0.39, 0.29) is 0 Å². The largest absolute Gasteiger partial charge is 0.383 e. The highest BCUT2D eigenvalue weighted by molar-refractivity contribution is 6.17. The maximum absolute atomic E-state index is 5.59. The summed E-state index contributed by atoms with van der Waals surface area (Å²) < 4.78 is 5.01. The SMILES string of the molecule is CCN(CCCCCl)CCOC. The number of halogens is 1. The Labute approximate surface area is 80.8 Å². The molecule has 0 unspecified atom stereocenters. The van der Waals surface area contributed by atoms with E-state index in [4.69, 9.17) is 16.3 Å². The average molecular weight is 194 g/mol. The highest BCUT2D eigenvalue weighted by Gasteiger charge is 1.99. The van der Waals surface area contributed by atoms with Crippen LogP contribution < -0.4 is 0 Å². The van der Waals surface area contributed by atoms with E-state index in [1.165, 1.54) is 6.42 Å². The zero-order chi connectivity index (χ0) is 9.23. The lowest BCUT2D eigenvalue weighted by atomic mass is 10.3. The van der Waals surface area contributed by atoms with Crippen LogP contribution in [-0.2, 0) is 4.74 Å². The molecule has 0 heterocycles. The minimum Gasteiger partial charge on any atom is -0.383 e. The average Bonchev–Trinajstić information content (AvgIpc) is 2.11. The van der Waals surface area contributed by atoms with Crippen molar-refractivity contribution in [3.8, 4) is 0 Å². The van der Waals surface area contributed by atoms with E-state index in [1.807, 2.05) is 0 Å². The van der Waals surface area contributed by atoms with Crippen LogP contribution in [0.1, 0.15) is 19.8 Å². The van der Waals surface area contributed by atoms with Crippen LogP contribution in [0.4, 0.5) is 0 Å². The molecular formula is C9H20ClNO. The molecule has 0 aliphatic carbocycles. The van der Waals surface area contributed by atoms with Gasteiger partial charge in [-0.1, -0.05) is 6.92 Å². The second-order valence-electron chi connectivity index (χ2n) is 2.82. The van der Waals surface area contributed by atoms with Gasteiger partial charge >= 0.3 is 0 Å². The van der Waals surface area contributed by atoms with Crippen molar-refractivity contribution in [2.45, 2.75) is 19.8 Å². The predicted octanol–water partition coefficient (Wildman–Crippen LogP) is 1.97. The summed E-state index contributed by atoms with van der Waals surface area (Å²) >= 11 is 5.59. The molecule has 0 atom stereocenters. The summed E-state index contributed by atoms with van der Waals surface area (Å²) in [7, 11) is 1.74. The fraction of sp³-hybridized carbons (Fsp3) is 1.00. The van der Waals surface area contributed by atoms with Crippen LogP contribution in [0.2, 0.25) is 0 Å². The fourth-order valence-corrected chi connectivity index (χ4v) is 1.27. The summed E-state index contributed by atoms with van der Waals surface area (Å²) in [5.41, 5.74) is 0. The first-order valence-corrected chi connectivity index (χ1v) is 5.15. The normalized spacial score (nSPS) is 11.0. The van der Waals surface area contributed by atoms with Gasteiger partial charge in [0.05, 0.1) is 6.61 Å². The van der Waals surface area contributed by atoms with Crippen molar-refractivity contribution in [1.29, 1.82) is 0 Å². The molecule has 0 aliphatic rings. The summed E-state index contributed by atoms with van der Waals surface area (Å²) in [5.74, 6) is 0.780. The van der Waals surface area contributed by atoms with E-state index in [2.05, 4.69) is 11.8 Å². The molecule has 12 heavy (non-hydrogen) atoms. The van der Waals surface area contributed by atoms with Gasteiger partial charge in [0.15, 0.2) is 0 Å². The second-order valence-corrected chi connectivity index (χ2v) is 3.20. The Morgan fingerprint density at radius 3 is 2.50 bits per heavy atom. The number of rotatable bonds is 8. The lowest BCUT2D eigenvalue weighted by Crippen LogP contribution is -2.28. The van der Waals surface area contributed by atoms with Crippen LogP contribution >= 0.6 is 11.6 Å². The van der Waals surface area contributed by atoms with E-state index in [9.17, 15) is 0 Å². The van der Waals surface area contributed by atoms with Crippen LogP contribution in [0.25, 0.3) is 0 Å². The minimum atomic E-state index is 0.780. The number of alkyl halides is 1. The maximum atomic E-state index is 5.59. The minimum absolute atomic E-state index is 0.780. The Bertz CT molecular complexity index is 90.6. The van der Waals surface area contributed by atoms with Gasteiger partial charge in [0.25, 0.3) is 0 Å². The molecular weight excluding hydrogens is 174 g/mol. The Kier molecular flexibility index (Phi) is 9.46. The van der Waals surface area contributed by atoms with Crippen LogP contribution in [0.3, 0.4) is 0 Å². The van der Waals surface area contributed by atoms with Crippen molar-refractivity contribution in [3.63, 3.8) is 0 Å². The number of nitrogens with zero attached hydrogens (tertiary/aromatic N) is 1. The van der Waals surface area contributed by atoms with Crippen LogP contribution in [0, 0.1) is 0 Å². The topological polar surface area (TPSA) is 12.5 Å². The Morgan fingerprint density at radius 1 is 1.25 bits per heavy atom. The molecule has 74 valence electrons. The van der Waals surface area contributed by atoms with Gasteiger partial charge in [0.1, 0.15) is 0 Å². The van der Waals surface area contributed by atoms with Gasteiger partial charge in [0, 0.05) is 19.5 Å². The fourth-order valence-electron chi connectivity index (χ4n) is 1.08. The molecule has 0 radical (unpaired) electrons. The monoisotopic (exact) mass is 193 g/mol. The molecule has 0 aromatic carbocycles. The van der Waals surface area contributed by atoms with Crippen molar-refractivity contribution >= 4 is 11.6 Å². The van der Waals surface area contributed by atoms with Gasteiger partial charge in [-0.25, -0.2) is 0 Å². The summed E-state index contributed by atoms with van der Waals surface area (Å²) in [6.07, 6.45) is 2.31. The maximum Gasteiger partial charge on any atom is 0.0589 e. The summed E-state index contributed by atoms with van der Waals surface area (Å²) in [6.45, 7) is 6.29. The van der Waals surface area contributed by atoms with Gasteiger partial charge in [-0.2, -0.15) is 0 Å². The molecule has 2 nitrogen and oxygen atoms in total. The molecule has 0 aromatic rings. The molecule has 0 saturated carbocycles. The van der Waals surface area contributed by atoms with Gasteiger partial charge in [-0.15, -0.1) is 11.6 Å². The number of hydrogen-bond donors (Lipinski definition) is 0. The lowest BCUT2D eigenvalue weighted by Gasteiger charge is -2.19. The quantitative estimate of drug-likeness (QED) is 0.432. The van der Waals surface area contributed by atoms with E-state index in [1.54, 1.807) is 7.11 Å². The highest BCUT2D eigenvalue weighted by atomic mass is 35.5. The molecule has 0 spiro atoms. The first-order chi connectivity index (χ1) is 5.85. The first kappa shape index (κ1) is 12.2. The van der Waals surface area contributed by atoms with E-state index in [0.29, 0.717) is 0 Å². The summed E-state index contributed by atoms with van der Waals surface area (Å²) in [4.78, 5) is 2.38. The molecule has 0 fully saturated rings. The van der Waals surface area contributed by atoms with Crippen molar-refractivity contribution in [1.82, 2.24) is 4.90 Å². The lowest BCUT2D eigenvalue weighted by molar-refractivity contribution is 0.150. The van der Waals surface area contributed by atoms with Gasteiger partial charge < -0.3 is 9.64 Å². The molecule has 0 N–H and O–H groups in total. The first-order valence-electron chi connectivity index (χ1n) is 4.62. The molecule has 0 rings (SSSR count). The highest BCUT2D eigenvalue weighted by Crippen LogP contribution is 1.96. The van der Waals surface area contributed by atoms with Crippen molar-refractivity contribution in [2.24, 2.45) is 0 Å². The van der Waals surface area contributed by atoms with Crippen LogP contribution in [0.15, 0.2) is 0 Å². The third-order valence-corrected chi connectivity index (χ3v) is 2.18. The number of unbranched alkanes of at least 4 members (excludes halogenated alkanes) is 1. The van der Waals surface area contributed by atoms with Gasteiger partial charge in [-0.05, 0) is 25.9 Å². The van der Waals surface area contributed by atoms with E-state index in [0.717, 1.165) is 38.5 Å². The van der Waals surface area contributed by atoms with Gasteiger partial charge in [-0.3, -0.25) is 0 Å². The second kappa shape index (κ2) is 9.30. The molecule has 0 aromatic heterocycles. The third kappa shape index (κ3) is 6.89. The third-order valence-electron chi connectivity index (χ3n) is 1.92. The number of likely N-dealkylation sites (N-methyl/N-ethyl adjacent to an activating group) is 1.